The zero-order chi connectivity index (χ0) is 29.5. The highest BCUT2D eigenvalue weighted by Gasteiger charge is 2.59. The summed E-state index contributed by atoms with van der Waals surface area (Å²) in [6.45, 7) is 3.77. The fourth-order valence-corrected chi connectivity index (χ4v) is 8.55. The number of anilines is 1. The van der Waals surface area contributed by atoms with Crippen molar-refractivity contribution in [2.24, 2.45) is 4.99 Å². The molecule has 40 heavy (non-hydrogen) atoms. The van der Waals surface area contributed by atoms with E-state index in [-0.39, 0.29) is 29.6 Å². The molecule has 2 atom stereocenters. The van der Waals surface area contributed by atoms with Crippen molar-refractivity contribution in [3.63, 3.8) is 0 Å². The molecule has 4 heterocycles. The molecule has 0 bridgehead atoms. The number of fused-ring (bicyclic) bond motifs is 1. The molecule has 16 heteroatoms. The molecular formula is C24H29F5N6O4S. The van der Waals surface area contributed by atoms with E-state index in [1.807, 2.05) is 0 Å². The Hall–Kier alpha value is -3.40. The number of carbonyl (C=O) groups is 1. The molecule has 1 amide bonds. The van der Waals surface area contributed by atoms with Gasteiger partial charge in [-0.15, -0.1) is 0 Å². The lowest BCUT2D eigenvalue weighted by atomic mass is 9.89. The Morgan fingerprint density at radius 3 is 2.62 bits per heavy atom. The Labute approximate surface area is 227 Å². The van der Waals surface area contributed by atoms with Crippen LogP contribution in [0.25, 0.3) is 0 Å². The number of amides is 1. The number of halogens is 5. The molecule has 2 aromatic rings. The summed E-state index contributed by atoms with van der Waals surface area (Å²) in [5.74, 6) is -4.99. The van der Waals surface area contributed by atoms with Crippen molar-refractivity contribution >= 4 is 27.9 Å². The molecule has 220 valence electrons. The lowest BCUT2D eigenvalue weighted by Gasteiger charge is -2.50. The minimum atomic E-state index is -4.30. The molecule has 0 aliphatic carbocycles. The normalized spacial score (nSPS) is 24.1. The first-order valence-electron chi connectivity index (χ1n) is 12.2. The summed E-state index contributed by atoms with van der Waals surface area (Å²) in [7, 11) is -3.35. The van der Waals surface area contributed by atoms with E-state index in [2.05, 4.69) is 30.3 Å². The number of rotatable bonds is 8. The van der Waals surface area contributed by atoms with Gasteiger partial charge in [0.15, 0.2) is 6.61 Å². The van der Waals surface area contributed by atoms with Gasteiger partial charge in [0, 0.05) is 6.54 Å². The molecule has 2 aliphatic rings. The summed E-state index contributed by atoms with van der Waals surface area (Å²) >= 11 is 0. The van der Waals surface area contributed by atoms with Crippen LogP contribution in [0.15, 0.2) is 35.5 Å². The third-order valence-corrected chi connectivity index (χ3v) is 11.4. The van der Waals surface area contributed by atoms with Crippen LogP contribution in [-0.2, 0) is 22.2 Å². The Morgan fingerprint density at radius 1 is 1.27 bits per heavy atom. The second kappa shape index (κ2) is 10.5. The van der Waals surface area contributed by atoms with Gasteiger partial charge in [-0.05, 0) is 61.6 Å². The third-order valence-electron chi connectivity index (χ3n) is 7.16. The number of aliphatic imine (C=N–C) groups is 1. The number of alkyl halides is 4. The number of thiol groups is 1. The van der Waals surface area contributed by atoms with Gasteiger partial charge in [-0.1, -0.05) is 0 Å². The third kappa shape index (κ3) is 5.33. The number of ether oxygens (including phenoxy) is 1. The van der Waals surface area contributed by atoms with Gasteiger partial charge in [0.1, 0.15) is 34.5 Å². The van der Waals surface area contributed by atoms with E-state index in [0.717, 1.165) is 12.3 Å². The zero-order valence-corrected chi connectivity index (χ0v) is 22.6. The van der Waals surface area contributed by atoms with Crippen molar-refractivity contribution in [1.82, 2.24) is 20.0 Å². The average Bonchev–Trinajstić information content (AvgIpc) is 3.30. The molecule has 2 aliphatic heterocycles. The van der Waals surface area contributed by atoms with Gasteiger partial charge in [-0.25, -0.2) is 22.9 Å². The lowest BCUT2D eigenvalue weighted by Crippen LogP contribution is -2.66. The molecular weight excluding hydrogens is 563 g/mol. The van der Waals surface area contributed by atoms with Crippen LogP contribution in [0.2, 0.25) is 0 Å². The Morgan fingerprint density at radius 2 is 2.00 bits per heavy atom. The molecule has 4 N–H and O–H groups in total. The van der Waals surface area contributed by atoms with E-state index in [1.54, 1.807) is 20.8 Å². The standard InChI is InChI=1S/C24H29F5N6O4S/c1-22(2)20(34-21(36)37)35-23(3,16-8-9-32-40(16,22)38)18-15(25)6-7-17(33-18)31-10-13-4-5-14(11-30-13)39-12-24(28,29)19(26)27/h4-7,11,16,19,40H,8-10,12H2,1-3H3,(H,31,33)(H,32,38)(H,34,35)(H,36,37)/t16-,23-/m0/s1. The predicted molar refractivity (Wildman–Crippen MR) is 138 cm³/mol. The van der Waals surface area contributed by atoms with Gasteiger partial charge in [0.05, 0.1) is 28.4 Å². The van der Waals surface area contributed by atoms with Crippen LogP contribution in [0, 0.1) is 5.82 Å². The molecule has 0 unspecified atom stereocenters. The molecule has 0 aromatic carbocycles. The van der Waals surface area contributed by atoms with Crippen LogP contribution in [0.4, 0.5) is 32.6 Å². The highest BCUT2D eigenvalue weighted by molar-refractivity contribution is 8.04. The maximum atomic E-state index is 15.2. The highest BCUT2D eigenvalue weighted by atomic mass is 32.3. The minimum absolute atomic E-state index is 0.0612. The number of hydrogen-bond acceptors (Lipinski definition) is 7. The van der Waals surface area contributed by atoms with E-state index in [4.69, 9.17) is 4.74 Å². The van der Waals surface area contributed by atoms with E-state index >= 15 is 4.39 Å². The SMILES string of the molecule is CC1(C)C(NC(=O)O)=N[C@](C)(c2nc(NCc3ccc(OCC(F)(F)C(F)F)cn3)ccc2F)[C@@H]2CCN[SH]21=O. The quantitative estimate of drug-likeness (QED) is 0.234. The smallest absolute Gasteiger partial charge is 0.410 e. The first-order valence-corrected chi connectivity index (χ1v) is 14.0. The summed E-state index contributed by atoms with van der Waals surface area (Å²) in [5, 5.41) is 13.9. The van der Waals surface area contributed by atoms with Gasteiger partial charge in [0.25, 0.3) is 0 Å². The molecule has 10 nitrogen and oxygen atoms in total. The van der Waals surface area contributed by atoms with E-state index in [1.165, 1.54) is 18.2 Å². The number of nitrogens with zero attached hydrogens (tertiary/aromatic N) is 3. The van der Waals surface area contributed by atoms with E-state index in [0.29, 0.717) is 18.7 Å². The number of carboxylic acid groups (broad SMARTS) is 1. The molecule has 4 rings (SSSR count). The average molecular weight is 593 g/mol. The van der Waals surface area contributed by atoms with Crippen LogP contribution in [0.1, 0.15) is 38.6 Å². The number of amidine groups is 1. The number of hydrogen-bond donors (Lipinski definition) is 5. The first kappa shape index (κ1) is 29.6. The van der Waals surface area contributed by atoms with Crippen LogP contribution in [-0.4, -0.2) is 66.7 Å². The van der Waals surface area contributed by atoms with Crippen molar-refractivity contribution in [2.45, 2.75) is 61.6 Å². The molecule has 0 saturated carbocycles. The second-order valence-corrected chi connectivity index (χ2v) is 13.6. The maximum Gasteiger partial charge on any atom is 0.410 e. The molecule has 2 aromatic heterocycles. The van der Waals surface area contributed by atoms with Gasteiger partial charge in [0.2, 0.25) is 0 Å². The number of pyridine rings is 2. The Kier molecular flexibility index (Phi) is 7.79. The first-order chi connectivity index (χ1) is 18.6. The van der Waals surface area contributed by atoms with Crippen molar-refractivity contribution in [3.8, 4) is 5.75 Å². The summed E-state index contributed by atoms with van der Waals surface area (Å²) in [6, 6.07) is 5.24. The van der Waals surface area contributed by atoms with Crippen molar-refractivity contribution < 1.29 is 40.8 Å². The number of nitrogens with one attached hydrogen (secondary N) is 3. The van der Waals surface area contributed by atoms with Crippen LogP contribution in [0.5, 0.6) is 5.75 Å². The fraction of sp³-hybridized carbons (Fsp3) is 0.500. The van der Waals surface area contributed by atoms with Crippen molar-refractivity contribution in [2.75, 3.05) is 18.5 Å². The van der Waals surface area contributed by atoms with Gasteiger partial charge in [-0.2, -0.15) is 8.78 Å². The van der Waals surface area contributed by atoms with Gasteiger partial charge < -0.3 is 15.2 Å². The summed E-state index contributed by atoms with van der Waals surface area (Å²) in [5.41, 5.74) is -1.18. The van der Waals surface area contributed by atoms with Crippen molar-refractivity contribution in [3.05, 3.63) is 47.7 Å². The fourth-order valence-electron chi connectivity index (χ4n) is 4.90. The zero-order valence-electron chi connectivity index (χ0n) is 21.7. The van der Waals surface area contributed by atoms with Crippen molar-refractivity contribution in [1.29, 1.82) is 0 Å². The van der Waals surface area contributed by atoms with Gasteiger partial charge in [-0.3, -0.25) is 24.2 Å². The predicted octanol–water partition coefficient (Wildman–Crippen LogP) is 3.47. The monoisotopic (exact) mass is 592 g/mol. The lowest BCUT2D eigenvalue weighted by molar-refractivity contribution is -0.148. The van der Waals surface area contributed by atoms with Gasteiger partial charge >= 0.3 is 18.4 Å². The Balaban J connectivity index is 1.56. The van der Waals surface area contributed by atoms with E-state index < -0.39 is 56.5 Å². The maximum absolute atomic E-state index is 15.2. The van der Waals surface area contributed by atoms with Crippen LogP contribution >= 0.6 is 0 Å². The molecule has 0 spiro atoms. The summed E-state index contributed by atoms with van der Waals surface area (Å²) in [6.07, 6.45) is -3.75. The van der Waals surface area contributed by atoms with Crippen LogP contribution < -0.4 is 20.1 Å². The summed E-state index contributed by atoms with van der Waals surface area (Å²) in [4.78, 5) is 24.5. The topological polar surface area (TPSA) is 138 Å². The second-order valence-electron chi connectivity index (χ2n) is 10.2. The van der Waals surface area contributed by atoms with E-state index in [9.17, 15) is 31.7 Å². The largest absolute Gasteiger partial charge is 0.485 e. The highest BCUT2D eigenvalue weighted by Crippen LogP contribution is 2.48. The summed E-state index contributed by atoms with van der Waals surface area (Å²) < 4.78 is 86.7. The molecule has 1 fully saturated rings. The minimum Gasteiger partial charge on any atom is -0.485 e. The Bertz CT molecular complexity index is 1360. The molecule has 0 radical (unpaired) electrons. The molecule has 1 saturated heterocycles. The van der Waals surface area contributed by atoms with Crippen LogP contribution in [0.3, 0.4) is 0 Å². The number of aromatic nitrogens is 2.